The van der Waals surface area contributed by atoms with Gasteiger partial charge in [-0.3, -0.25) is 0 Å². The number of hydrogen-bond donors (Lipinski definition) is 0. The second-order valence-corrected chi connectivity index (χ2v) is 7.60. The molecule has 0 saturated heterocycles. The lowest BCUT2D eigenvalue weighted by Gasteiger charge is -2.09. The Labute approximate surface area is 121 Å². The first kappa shape index (κ1) is 13.2. The largest absolute Gasteiger partial charge is 0.207 e. The van der Waals surface area contributed by atoms with Crippen molar-refractivity contribution in [3.05, 3.63) is 55.9 Å². The molecular formula is C13H11Br2FS. The molecule has 90 valence electrons. The van der Waals surface area contributed by atoms with Crippen molar-refractivity contribution in [3.63, 3.8) is 0 Å². The zero-order valence-electron chi connectivity index (χ0n) is 9.21. The van der Waals surface area contributed by atoms with E-state index in [-0.39, 0.29) is 10.6 Å². The van der Waals surface area contributed by atoms with Crippen LogP contribution in [-0.4, -0.2) is 0 Å². The van der Waals surface area contributed by atoms with E-state index in [0.29, 0.717) is 0 Å². The maximum atomic E-state index is 12.8. The van der Waals surface area contributed by atoms with Crippen molar-refractivity contribution >= 4 is 43.2 Å². The highest BCUT2D eigenvalue weighted by atomic mass is 79.9. The summed E-state index contributed by atoms with van der Waals surface area (Å²) in [6, 6.07) is 8.82. The van der Waals surface area contributed by atoms with Gasteiger partial charge in [0.15, 0.2) is 0 Å². The smallest absolute Gasteiger partial charge is 0.123 e. The Kier molecular flexibility index (Phi) is 4.39. The summed E-state index contributed by atoms with van der Waals surface area (Å²) in [4.78, 5) is 1.58. The highest BCUT2D eigenvalue weighted by Crippen LogP contribution is 2.36. The van der Waals surface area contributed by atoms with Crippen molar-refractivity contribution in [1.29, 1.82) is 0 Å². The molecule has 1 heterocycles. The van der Waals surface area contributed by atoms with Gasteiger partial charge < -0.3 is 0 Å². The maximum absolute atomic E-state index is 12.8. The lowest BCUT2D eigenvalue weighted by molar-refractivity contribution is 0.627. The number of rotatable bonds is 3. The van der Waals surface area contributed by atoms with Crippen LogP contribution in [0.3, 0.4) is 0 Å². The number of aryl methyl sites for hydroxylation is 1. The minimum absolute atomic E-state index is 0.186. The molecule has 1 aromatic carbocycles. The summed E-state index contributed by atoms with van der Waals surface area (Å²) in [6.07, 6.45) is 0.865. The second-order valence-electron chi connectivity index (χ2n) is 3.86. The summed E-state index contributed by atoms with van der Waals surface area (Å²) in [5.74, 6) is -0.186. The Hall–Kier alpha value is -0.190. The predicted octanol–water partition coefficient (Wildman–Crippen LogP) is 5.64. The highest BCUT2D eigenvalue weighted by molar-refractivity contribution is 9.11. The van der Waals surface area contributed by atoms with Gasteiger partial charge in [0.2, 0.25) is 0 Å². The van der Waals surface area contributed by atoms with Crippen LogP contribution in [0.15, 0.2) is 34.1 Å². The van der Waals surface area contributed by atoms with Crippen LogP contribution in [0.25, 0.3) is 0 Å². The van der Waals surface area contributed by atoms with Crippen LogP contribution in [0.4, 0.5) is 4.39 Å². The third-order valence-corrected chi connectivity index (χ3v) is 4.98. The lowest BCUT2D eigenvalue weighted by atomic mass is 10.1. The molecule has 0 amide bonds. The van der Waals surface area contributed by atoms with Crippen LogP contribution in [0.5, 0.6) is 0 Å². The van der Waals surface area contributed by atoms with Crippen molar-refractivity contribution in [2.75, 3.05) is 0 Å². The Morgan fingerprint density at radius 1 is 1.29 bits per heavy atom. The van der Waals surface area contributed by atoms with Crippen molar-refractivity contribution in [1.82, 2.24) is 0 Å². The van der Waals surface area contributed by atoms with Crippen molar-refractivity contribution < 1.29 is 4.39 Å². The Morgan fingerprint density at radius 2 is 1.94 bits per heavy atom. The molecule has 0 spiro atoms. The zero-order valence-corrected chi connectivity index (χ0v) is 13.2. The predicted molar refractivity (Wildman–Crippen MR) is 78.5 cm³/mol. The van der Waals surface area contributed by atoms with E-state index in [1.165, 1.54) is 22.6 Å². The SMILES string of the molecule is Cc1sc(Br)cc1C(Br)Cc1ccc(F)cc1. The molecule has 1 unspecified atom stereocenters. The van der Waals surface area contributed by atoms with Crippen molar-refractivity contribution in [2.45, 2.75) is 18.2 Å². The first-order valence-electron chi connectivity index (χ1n) is 5.20. The molecule has 0 aliphatic heterocycles. The van der Waals surface area contributed by atoms with Gasteiger partial charge >= 0.3 is 0 Å². The van der Waals surface area contributed by atoms with Gasteiger partial charge in [-0.15, -0.1) is 11.3 Å². The molecule has 2 rings (SSSR count). The van der Waals surface area contributed by atoms with Gasteiger partial charge in [0.05, 0.1) is 3.79 Å². The average molecular weight is 378 g/mol. The van der Waals surface area contributed by atoms with Gasteiger partial charge in [-0.1, -0.05) is 28.1 Å². The Bertz CT molecular complexity index is 505. The lowest BCUT2D eigenvalue weighted by Crippen LogP contribution is -1.95. The fraction of sp³-hybridized carbons (Fsp3) is 0.231. The van der Waals surface area contributed by atoms with Gasteiger partial charge in [0.25, 0.3) is 0 Å². The fourth-order valence-corrected chi connectivity index (χ4v) is 4.48. The number of benzene rings is 1. The van der Waals surface area contributed by atoms with Gasteiger partial charge in [-0.2, -0.15) is 0 Å². The average Bonchev–Trinajstić information content (AvgIpc) is 2.61. The van der Waals surface area contributed by atoms with E-state index in [0.717, 1.165) is 15.8 Å². The van der Waals surface area contributed by atoms with Crippen LogP contribution in [-0.2, 0) is 6.42 Å². The second kappa shape index (κ2) is 5.63. The Balaban J connectivity index is 2.14. The molecule has 0 fully saturated rings. The highest BCUT2D eigenvalue weighted by Gasteiger charge is 2.13. The van der Waals surface area contributed by atoms with E-state index >= 15 is 0 Å². The number of thiophene rings is 1. The summed E-state index contributed by atoms with van der Waals surface area (Å²) in [5.41, 5.74) is 2.43. The first-order valence-corrected chi connectivity index (χ1v) is 7.73. The molecular weight excluding hydrogens is 367 g/mol. The van der Waals surface area contributed by atoms with Crippen LogP contribution < -0.4 is 0 Å². The van der Waals surface area contributed by atoms with E-state index in [1.54, 1.807) is 11.3 Å². The molecule has 0 aliphatic carbocycles. The molecule has 2 aromatic rings. The maximum Gasteiger partial charge on any atom is 0.123 e. The summed E-state index contributed by atoms with van der Waals surface area (Å²) in [7, 11) is 0. The van der Waals surface area contributed by atoms with E-state index in [9.17, 15) is 4.39 Å². The summed E-state index contributed by atoms with van der Waals surface area (Å²) >= 11 is 8.93. The van der Waals surface area contributed by atoms with E-state index < -0.39 is 0 Å². The van der Waals surface area contributed by atoms with Crippen LogP contribution in [0, 0.1) is 12.7 Å². The molecule has 4 heteroatoms. The molecule has 0 nitrogen and oxygen atoms in total. The standard InChI is InChI=1S/C13H11Br2FS/c1-8-11(7-13(15)17-8)12(14)6-9-2-4-10(16)5-3-9/h2-5,7,12H,6H2,1H3. The summed E-state index contributed by atoms with van der Waals surface area (Å²) in [6.45, 7) is 2.11. The monoisotopic (exact) mass is 376 g/mol. The number of hydrogen-bond acceptors (Lipinski definition) is 1. The molecule has 1 aromatic heterocycles. The van der Waals surface area contributed by atoms with Crippen LogP contribution in [0.1, 0.15) is 20.8 Å². The molecule has 0 radical (unpaired) electrons. The normalized spacial score (nSPS) is 12.7. The topological polar surface area (TPSA) is 0 Å². The molecule has 0 aliphatic rings. The Morgan fingerprint density at radius 3 is 2.47 bits per heavy atom. The van der Waals surface area contributed by atoms with Gasteiger partial charge in [-0.05, 0) is 58.6 Å². The van der Waals surface area contributed by atoms with Gasteiger partial charge in [0.1, 0.15) is 5.82 Å². The van der Waals surface area contributed by atoms with E-state index in [2.05, 4.69) is 44.8 Å². The third-order valence-electron chi connectivity index (χ3n) is 2.59. The van der Waals surface area contributed by atoms with E-state index in [1.807, 2.05) is 12.1 Å². The molecule has 0 bridgehead atoms. The molecule has 0 N–H and O–H groups in total. The van der Waals surface area contributed by atoms with Gasteiger partial charge in [-0.25, -0.2) is 4.39 Å². The minimum Gasteiger partial charge on any atom is -0.207 e. The van der Waals surface area contributed by atoms with Gasteiger partial charge in [0, 0.05) is 9.70 Å². The first-order chi connectivity index (χ1) is 8.06. The number of alkyl halides is 1. The molecule has 17 heavy (non-hydrogen) atoms. The zero-order chi connectivity index (χ0) is 12.4. The minimum atomic E-state index is -0.186. The third kappa shape index (κ3) is 3.39. The molecule has 1 atom stereocenters. The van der Waals surface area contributed by atoms with Crippen molar-refractivity contribution in [3.8, 4) is 0 Å². The van der Waals surface area contributed by atoms with E-state index in [4.69, 9.17) is 0 Å². The molecule has 0 saturated carbocycles. The quantitative estimate of drug-likeness (QED) is 0.607. The summed E-state index contributed by atoms with van der Waals surface area (Å²) in [5, 5.41) is 0. The fourth-order valence-electron chi connectivity index (χ4n) is 1.71. The van der Waals surface area contributed by atoms with Crippen LogP contribution in [0.2, 0.25) is 0 Å². The number of halogens is 3. The summed E-state index contributed by atoms with van der Waals surface area (Å²) < 4.78 is 13.9. The van der Waals surface area contributed by atoms with Crippen LogP contribution >= 0.6 is 43.2 Å². The van der Waals surface area contributed by atoms with Crippen molar-refractivity contribution in [2.24, 2.45) is 0 Å².